The second-order valence-electron chi connectivity index (χ2n) is 10.3. The molecule has 1 saturated heterocycles. The van der Waals surface area contributed by atoms with Gasteiger partial charge in [0.15, 0.2) is 11.5 Å². The molecule has 196 valence electrons. The summed E-state index contributed by atoms with van der Waals surface area (Å²) >= 11 is 0. The first-order valence-electron chi connectivity index (χ1n) is 12.6. The van der Waals surface area contributed by atoms with Crippen molar-refractivity contribution in [2.75, 3.05) is 20.2 Å². The van der Waals surface area contributed by atoms with Crippen molar-refractivity contribution in [2.24, 2.45) is 5.92 Å². The fourth-order valence-electron chi connectivity index (χ4n) is 5.71. The molecule has 2 aliphatic rings. The van der Waals surface area contributed by atoms with Crippen molar-refractivity contribution >= 4 is 5.91 Å². The molecule has 1 spiro atoms. The van der Waals surface area contributed by atoms with E-state index in [0.717, 1.165) is 31.4 Å². The molecule has 1 atom stereocenters. The Morgan fingerprint density at radius 1 is 1.06 bits per heavy atom. The monoisotopic (exact) mass is 504 g/mol. The minimum absolute atomic E-state index is 0.118. The van der Waals surface area contributed by atoms with Crippen LogP contribution in [0.5, 0.6) is 11.5 Å². The van der Waals surface area contributed by atoms with Crippen LogP contribution in [0.4, 0.5) is 13.2 Å². The number of benzene rings is 1. The minimum Gasteiger partial charge on any atom is -0.493 e. The number of ether oxygens (including phenoxy) is 2. The number of methoxy groups -OCH3 is 1. The lowest BCUT2D eigenvalue weighted by Crippen LogP contribution is -2.46. The summed E-state index contributed by atoms with van der Waals surface area (Å²) < 4.78 is 53.9. The fraction of sp³-hybridized carbons (Fsp3) is 0.536. The van der Waals surface area contributed by atoms with Crippen molar-refractivity contribution < 1.29 is 27.4 Å². The van der Waals surface area contributed by atoms with E-state index in [-0.39, 0.29) is 11.3 Å². The Bertz CT molecular complexity index is 1110. The molecule has 1 aromatic carbocycles. The van der Waals surface area contributed by atoms with Crippen LogP contribution in [-0.4, -0.2) is 35.6 Å². The van der Waals surface area contributed by atoms with Crippen LogP contribution in [0.15, 0.2) is 42.7 Å². The Balaban J connectivity index is 1.58. The highest BCUT2D eigenvalue weighted by Crippen LogP contribution is 2.45. The molecule has 1 amide bonds. The maximum atomic E-state index is 13.8. The molecule has 4 rings (SSSR count). The van der Waals surface area contributed by atoms with Crippen molar-refractivity contribution in [3.63, 3.8) is 0 Å². The molecule has 5 nitrogen and oxygen atoms in total. The van der Waals surface area contributed by atoms with Gasteiger partial charge in [-0.1, -0.05) is 13.5 Å². The first kappa shape index (κ1) is 26.2. The molecule has 0 aliphatic carbocycles. The summed E-state index contributed by atoms with van der Waals surface area (Å²) in [7, 11) is 1.52. The van der Waals surface area contributed by atoms with Gasteiger partial charge in [-0.05, 0) is 81.7 Å². The molecule has 2 aromatic rings. The van der Waals surface area contributed by atoms with Crippen LogP contribution < -0.4 is 9.47 Å². The molecule has 36 heavy (non-hydrogen) atoms. The number of piperidine rings is 1. The third-order valence-electron chi connectivity index (χ3n) is 7.71. The van der Waals surface area contributed by atoms with E-state index in [1.807, 2.05) is 0 Å². The lowest BCUT2D eigenvalue weighted by molar-refractivity contribution is -0.143. The lowest BCUT2D eigenvalue weighted by Gasteiger charge is -2.43. The molecule has 2 aliphatic heterocycles. The van der Waals surface area contributed by atoms with Gasteiger partial charge in [-0.3, -0.25) is 4.79 Å². The Labute approximate surface area is 210 Å². The van der Waals surface area contributed by atoms with E-state index < -0.39 is 11.9 Å². The molecule has 1 aromatic heterocycles. The van der Waals surface area contributed by atoms with E-state index >= 15 is 0 Å². The van der Waals surface area contributed by atoms with Crippen molar-refractivity contribution in [3.8, 4) is 11.5 Å². The van der Waals surface area contributed by atoms with Crippen LogP contribution in [0.2, 0.25) is 0 Å². The summed E-state index contributed by atoms with van der Waals surface area (Å²) in [5, 5.41) is 0. The molecule has 0 saturated carbocycles. The number of nitrogens with zero attached hydrogens (tertiary/aromatic N) is 2. The second kappa shape index (κ2) is 10.2. The summed E-state index contributed by atoms with van der Waals surface area (Å²) in [6.45, 7) is 9.02. The molecule has 0 bridgehead atoms. The average Bonchev–Trinajstić information content (AvgIpc) is 3.29. The number of hydrogen-bond acceptors (Lipinski definition) is 3. The largest absolute Gasteiger partial charge is 0.493 e. The van der Waals surface area contributed by atoms with E-state index in [2.05, 4.69) is 13.5 Å². The van der Waals surface area contributed by atoms with E-state index in [4.69, 9.17) is 9.47 Å². The van der Waals surface area contributed by atoms with Crippen LogP contribution >= 0.6 is 0 Å². The number of hydrogen-bond donors (Lipinski definition) is 0. The molecule has 1 fully saturated rings. The van der Waals surface area contributed by atoms with Crippen molar-refractivity contribution in [2.45, 2.75) is 70.5 Å². The number of rotatable bonds is 4. The number of fused-ring (bicyclic) bond motifs is 2. The fourth-order valence-corrected chi connectivity index (χ4v) is 5.71. The van der Waals surface area contributed by atoms with Gasteiger partial charge in [0.05, 0.1) is 12.9 Å². The van der Waals surface area contributed by atoms with E-state index in [0.29, 0.717) is 61.2 Å². The van der Waals surface area contributed by atoms with Crippen LogP contribution in [0.25, 0.3) is 0 Å². The normalized spacial score (nSPS) is 20.2. The predicted octanol–water partition coefficient (Wildman–Crippen LogP) is 6.81. The van der Waals surface area contributed by atoms with Crippen molar-refractivity contribution in [1.82, 2.24) is 9.47 Å². The standard InChI is InChI=1S/C28H35F3N2O3/c1-19(2)36-22-8-7-21(18-23(22)35-4)26(34)32-16-13-27(14-17-32)12-11-20(3)6-5-15-33-24(27)9-10-25(33)28(29,30)31/h7-10,18,20H,1,5-6,11-17H2,2-4H3. The van der Waals surface area contributed by atoms with Gasteiger partial charge in [-0.15, -0.1) is 0 Å². The topological polar surface area (TPSA) is 43.7 Å². The zero-order chi connectivity index (χ0) is 26.1. The average molecular weight is 505 g/mol. The molecule has 8 heteroatoms. The van der Waals surface area contributed by atoms with E-state index in [1.165, 1.54) is 17.7 Å². The molecule has 0 radical (unpaired) electrons. The van der Waals surface area contributed by atoms with Crippen LogP contribution in [0, 0.1) is 5.92 Å². The summed E-state index contributed by atoms with van der Waals surface area (Å²) in [6.07, 6.45) is 0.360. The maximum absolute atomic E-state index is 13.8. The van der Waals surface area contributed by atoms with Gasteiger partial charge in [-0.2, -0.15) is 13.2 Å². The lowest BCUT2D eigenvalue weighted by atomic mass is 9.71. The first-order valence-corrected chi connectivity index (χ1v) is 12.6. The zero-order valence-corrected chi connectivity index (χ0v) is 21.3. The number of alkyl halides is 3. The van der Waals surface area contributed by atoms with Crippen molar-refractivity contribution in [1.29, 1.82) is 0 Å². The molecular formula is C28H35F3N2O3. The summed E-state index contributed by atoms with van der Waals surface area (Å²) in [5.41, 5.74) is 0.339. The van der Waals surface area contributed by atoms with Gasteiger partial charge in [0, 0.05) is 36.3 Å². The van der Waals surface area contributed by atoms with Gasteiger partial charge in [0.25, 0.3) is 5.91 Å². The smallest absolute Gasteiger partial charge is 0.431 e. The van der Waals surface area contributed by atoms with Gasteiger partial charge >= 0.3 is 6.18 Å². The number of allylic oxidation sites excluding steroid dienone is 1. The number of halogens is 3. The highest BCUT2D eigenvalue weighted by atomic mass is 19.4. The number of amides is 1. The number of carbonyl (C=O) groups excluding carboxylic acids is 1. The Hall–Kier alpha value is -2.90. The third-order valence-corrected chi connectivity index (χ3v) is 7.71. The maximum Gasteiger partial charge on any atom is 0.431 e. The van der Waals surface area contributed by atoms with E-state index in [1.54, 1.807) is 36.1 Å². The zero-order valence-electron chi connectivity index (χ0n) is 21.3. The SMILES string of the molecule is C=C(C)Oc1ccc(C(=O)N2CCC3(CCC(C)CCCn4c(C(F)(F)F)ccc43)CC2)cc1OC. The highest BCUT2D eigenvalue weighted by molar-refractivity contribution is 5.95. The molecule has 3 heterocycles. The number of likely N-dealkylation sites (tertiary alicyclic amines) is 1. The number of carbonyl (C=O) groups is 1. The second-order valence-corrected chi connectivity index (χ2v) is 10.3. The van der Waals surface area contributed by atoms with Gasteiger partial charge in [0.2, 0.25) is 0 Å². The molecule has 0 N–H and O–H groups in total. The van der Waals surface area contributed by atoms with Gasteiger partial charge in [0.1, 0.15) is 5.69 Å². The summed E-state index contributed by atoms with van der Waals surface area (Å²) in [5.74, 6) is 1.79. The summed E-state index contributed by atoms with van der Waals surface area (Å²) in [6, 6.07) is 7.97. The third kappa shape index (κ3) is 5.27. The molecular weight excluding hydrogens is 469 g/mol. The first-order chi connectivity index (χ1) is 17.0. The quantitative estimate of drug-likeness (QED) is 0.430. The van der Waals surface area contributed by atoms with Gasteiger partial charge < -0.3 is 18.9 Å². The Morgan fingerprint density at radius 2 is 1.78 bits per heavy atom. The highest BCUT2D eigenvalue weighted by Gasteiger charge is 2.43. The number of aromatic nitrogens is 1. The van der Waals surface area contributed by atoms with Crippen LogP contribution in [0.1, 0.15) is 74.1 Å². The Morgan fingerprint density at radius 3 is 2.42 bits per heavy atom. The van der Waals surface area contributed by atoms with Gasteiger partial charge in [-0.25, -0.2) is 0 Å². The minimum atomic E-state index is -4.38. The van der Waals surface area contributed by atoms with E-state index in [9.17, 15) is 18.0 Å². The summed E-state index contributed by atoms with van der Waals surface area (Å²) in [4.78, 5) is 15.1. The molecule has 1 unspecified atom stereocenters. The van der Waals surface area contributed by atoms with Crippen LogP contribution in [0.3, 0.4) is 0 Å². The van der Waals surface area contributed by atoms with Crippen molar-refractivity contribution in [3.05, 3.63) is 59.6 Å². The van der Waals surface area contributed by atoms with Crippen LogP contribution in [-0.2, 0) is 18.1 Å². The Kier molecular flexibility index (Phi) is 7.43. The predicted molar refractivity (Wildman–Crippen MR) is 132 cm³/mol.